The van der Waals surface area contributed by atoms with Crippen LogP contribution in [0.2, 0.25) is 5.02 Å². The van der Waals surface area contributed by atoms with Crippen LogP contribution < -0.4 is 5.32 Å². The molecular weight excluding hydrogens is 244 g/mol. The van der Waals surface area contributed by atoms with Gasteiger partial charge in [-0.25, -0.2) is 8.78 Å². The number of nitrogens with one attached hydrogen (secondary N) is 1. The Morgan fingerprint density at radius 2 is 1.94 bits per heavy atom. The smallest absolute Gasteiger partial charge is 0.267 e. The molecule has 1 aliphatic heterocycles. The van der Waals surface area contributed by atoms with E-state index in [1.54, 1.807) is 24.3 Å². The summed E-state index contributed by atoms with van der Waals surface area (Å²) in [6.45, 7) is 0.695. The highest BCUT2D eigenvalue weighted by Crippen LogP contribution is 2.29. The minimum Gasteiger partial charge on any atom is -0.309 e. The van der Waals surface area contributed by atoms with Crippen LogP contribution in [0.3, 0.4) is 0 Å². The first kappa shape index (κ1) is 12.8. The normalized spacial score (nSPS) is 21.5. The standard InChI is InChI=1S/C13H16ClF2N/c14-11-6-4-10(5-7-11)9-13(15,16)12-3-1-2-8-17-12/h4-7,12,17H,1-3,8-9H2. The molecule has 1 nitrogen and oxygen atoms in total. The lowest BCUT2D eigenvalue weighted by atomic mass is 9.94. The summed E-state index contributed by atoms with van der Waals surface area (Å²) in [6.07, 6.45) is 2.21. The third-order valence-corrected chi connectivity index (χ3v) is 3.43. The molecule has 94 valence electrons. The van der Waals surface area contributed by atoms with Gasteiger partial charge in [-0.2, -0.15) is 0 Å². The zero-order valence-corrected chi connectivity index (χ0v) is 10.3. The van der Waals surface area contributed by atoms with E-state index in [9.17, 15) is 8.78 Å². The van der Waals surface area contributed by atoms with Gasteiger partial charge in [0.25, 0.3) is 5.92 Å². The van der Waals surface area contributed by atoms with Crippen LogP contribution in [0.1, 0.15) is 24.8 Å². The van der Waals surface area contributed by atoms with Gasteiger partial charge in [0.1, 0.15) is 0 Å². The lowest BCUT2D eigenvalue weighted by Gasteiger charge is -2.31. The zero-order valence-electron chi connectivity index (χ0n) is 9.56. The molecule has 0 radical (unpaired) electrons. The molecule has 4 heteroatoms. The van der Waals surface area contributed by atoms with Crippen molar-refractivity contribution < 1.29 is 8.78 Å². The fraction of sp³-hybridized carbons (Fsp3) is 0.538. The van der Waals surface area contributed by atoms with Crippen molar-refractivity contribution in [2.24, 2.45) is 0 Å². The van der Waals surface area contributed by atoms with Crippen LogP contribution in [0.4, 0.5) is 8.78 Å². The van der Waals surface area contributed by atoms with E-state index < -0.39 is 12.0 Å². The lowest BCUT2D eigenvalue weighted by molar-refractivity contribution is -0.0441. The van der Waals surface area contributed by atoms with E-state index in [1.165, 1.54) is 0 Å². The average molecular weight is 260 g/mol. The fourth-order valence-corrected chi connectivity index (χ4v) is 2.34. The number of benzene rings is 1. The predicted molar refractivity (Wildman–Crippen MR) is 65.7 cm³/mol. The Morgan fingerprint density at radius 3 is 2.53 bits per heavy atom. The van der Waals surface area contributed by atoms with Crippen LogP contribution in [-0.2, 0) is 6.42 Å². The van der Waals surface area contributed by atoms with E-state index in [0.29, 0.717) is 23.6 Å². The minimum absolute atomic E-state index is 0.220. The molecule has 1 aromatic carbocycles. The van der Waals surface area contributed by atoms with Gasteiger partial charge in [0, 0.05) is 11.4 Å². The molecule has 0 saturated carbocycles. The first-order chi connectivity index (χ1) is 8.08. The van der Waals surface area contributed by atoms with Crippen molar-refractivity contribution in [3.8, 4) is 0 Å². The summed E-state index contributed by atoms with van der Waals surface area (Å²) in [4.78, 5) is 0. The molecule has 1 fully saturated rings. The summed E-state index contributed by atoms with van der Waals surface area (Å²) in [5, 5.41) is 3.49. The van der Waals surface area contributed by atoms with Crippen LogP contribution in [0.25, 0.3) is 0 Å². The van der Waals surface area contributed by atoms with E-state index in [4.69, 9.17) is 11.6 Å². The summed E-state index contributed by atoms with van der Waals surface area (Å²) >= 11 is 5.73. The van der Waals surface area contributed by atoms with Gasteiger partial charge >= 0.3 is 0 Å². The maximum Gasteiger partial charge on any atom is 0.267 e. The Bertz CT molecular complexity index is 358. The van der Waals surface area contributed by atoms with Gasteiger partial charge in [-0.3, -0.25) is 0 Å². The number of hydrogen-bond acceptors (Lipinski definition) is 1. The van der Waals surface area contributed by atoms with Crippen LogP contribution in [0.5, 0.6) is 0 Å². The number of halogens is 3. The topological polar surface area (TPSA) is 12.0 Å². The van der Waals surface area contributed by atoms with Crippen LogP contribution in [0, 0.1) is 0 Å². The number of rotatable bonds is 3. The molecule has 1 saturated heterocycles. The van der Waals surface area contributed by atoms with Gasteiger partial charge in [0.15, 0.2) is 0 Å². The van der Waals surface area contributed by atoms with Crippen molar-refractivity contribution in [2.45, 2.75) is 37.6 Å². The molecule has 1 heterocycles. The second-order valence-electron chi connectivity index (χ2n) is 4.57. The number of alkyl halides is 2. The first-order valence-electron chi connectivity index (χ1n) is 5.93. The van der Waals surface area contributed by atoms with Gasteiger partial charge in [0.05, 0.1) is 6.04 Å². The van der Waals surface area contributed by atoms with E-state index >= 15 is 0 Å². The number of hydrogen-bond donors (Lipinski definition) is 1. The zero-order chi connectivity index (χ0) is 12.3. The molecule has 2 rings (SSSR count). The maximum absolute atomic E-state index is 14.0. The van der Waals surface area contributed by atoms with Gasteiger partial charge < -0.3 is 5.32 Å². The van der Waals surface area contributed by atoms with E-state index in [0.717, 1.165) is 12.8 Å². The van der Waals surface area contributed by atoms with Crippen molar-refractivity contribution >= 4 is 11.6 Å². The molecule has 1 N–H and O–H groups in total. The quantitative estimate of drug-likeness (QED) is 0.874. The van der Waals surface area contributed by atoms with Crippen LogP contribution in [0.15, 0.2) is 24.3 Å². The van der Waals surface area contributed by atoms with Crippen molar-refractivity contribution in [3.05, 3.63) is 34.9 Å². The molecule has 17 heavy (non-hydrogen) atoms. The average Bonchev–Trinajstić information content (AvgIpc) is 2.33. The van der Waals surface area contributed by atoms with Crippen molar-refractivity contribution in [1.82, 2.24) is 5.32 Å². The summed E-state index contributed by atoms with van der Waals surface area (Å²) in [6, 6.07) is 5.95. The second-order valence-corrected chi connectivity index (χ2v) is 5.00. The third-order valence-electron chi connectivity index (χ3n) is 3.17. The Hall–Kier alpha value is -0.670. The fourth-order valence-electron chi connectivity index (χ4n) is 2.21. The minimum atomic E-state index is -2.69. The molecule has 1 atom stereocenters. The van der Waals surface area contributed by atoms with Gasteiger partial charge in [-0.05, 0) is 37.1 Å². The highest BCUT2D eigenvalue weighted by Gasteiger charge is 2.39. The van der Waals surface area contributed by atoms with Crippen molar-refractivity contribution in [3.63, 3.8) is 0 Å². The third kappa shape index (κ3) is 3.39. The van der Waals surface area contributed by atoms with Crippen LogP contribution >= 0.6 is 11.6 Å². The molecule has 0 bridgehead atoms. The molecule has 0 spiro atoms. The Labute approximate surface area is 105 Å². The largest absolute Gasteiger partial charge is 0.309 e. The summed E-state index contributed by atoms with van der Waals surface area (Å²) in [7, 11) is 0. The summed E-state index contributed by atoms with van der Waals surface area (Å²) < 4.78 is 28.0. The Balaban J connectivity index is 2.02. The van der Waals surface area contributed by atoms with Gasteiger partial charge in [0.2, 0.25) is 0 Å². The molecule has 1 aromatic rings. The highest BCUT2D eigenvalue weighted by molar-refractivity contribution is 6.30. The van der Waals surface area contributed by atoms with Gasteiger partial charge in [-0.1, -0.05) is 30.2 Å². The Kier molecular flexibility index (Phi) is 4.00. The summed E-state index contributed by atoms with van der Waals surface area (Å²) in [5.41, 5.74) is 0.631. The van der Waals surface area contributed by atoms with E-state index in [-0.39, 0.29) is 6.42 Å². The predicted octanol–water partition coefficient (Wildman–Crippen LogP) is 3.66. The highest BCUT2D eigenvalue weighted by atomic mass is 35.5. The van der Waals surface area contributed by atoms with Crippen molar-refractivity contribution in [2.75, 3.05) is 6.54 Å². The van der Waals surface area contributed by atoms with Crippen molar-refractivity contribution in [1.29, 1.82) is 0 Å². The monoisotopic (exact) mass is 259 g/mol. The molecule has 1 aliphatic rings. The maximum atomic E-state index is 14.0. The van der Waals surface area contributed by atoms with Crippen LogP contribution in [-0.4, -0.2) is 18.5 Å². The molecule has 0 amide bonds. The molecular formula is C13H16ClF2N. The molecule has 0 aliphatic carbocycles. The molecule has 0 aromatic heterocycles. The molecule has 1 unspecified atom stereocenters. The van der Waals surface area contributed by atoms with Gasteiger partial charge in [-0.15, -0.1) is 0 Å². The number of piperidine rings is 1. The first-order valence-corrected chi connectivity index (χ1v) is 6.31. The second kappa shape index (κ2) is 5.32. The van der Waals surface area contributed by atoms with E-state index in [2.05, 4.69) is 5.32 Å². The van der Waals surface area contributed by atoms with E-state index in [1.807, 2.05) is 0 Å². The summed E-state index contributed by atoms with van der Waals surface area (Å²) in [5.74, 6) is -2.69. The lowest BCUT2D eigenvalue weighted by Crippen LogP contribution is -2.48. The SMILES string of the molecule is FC(F)(Cc1ccc(Cl)cc1)C1CCCCN1. The Morgan fingerprint density at radius 1 is 1.24 bits per heavy atom.